The van der Waals surface area contributed by atoms with Crippen LogP contribution >= 0.6 is 0 Å². The molecule has 0 aliphatic carbocycles. The van der Waals surface area contributed by atoms with Gasteiger partial charge in [-0.3, -0.25) is 0 Å². The van der Waals surface area contributed by atoms with Crippen molar-refractivity contribution in [2.45, 2.75) is 0 Å². The van der Waals surface area contributed by atoms with E-state index in [9.17, 15) is 0 Å². The maximum atomic E-state index is 0. The molecule has 49 valence electrons. The first-order valence-electron chi connectivity index (χ1n) is 0. The maximum Gasteiger partial charge on any atom is 0 e. The molecule has 0 saturated carbocycles. The summed E-state index contributed by atoms with van der Waals surface area (Å²) in [7, 11) is 0. The number of hydrogen-bond acceptors (Lipinski definition) is 1. The Labute approximate surface area is 45.7 Å². The SMILES string of the molecule is N.O.O.O.O.[Co]. The first-order valence-corrected chi connectivity index (χ1v) is 0. The fourth-order valence-electron chi connectivity index (χ4n) is 0. The van der Waals surface area contributed by atoms with Crippen molar-refractivity contribution in [3.63, 3.8) is 0 Å². The molecule has 0 aromatic heterocycles. The fraction of sp³-hybridized carbons (Fsp3) is 0. The molecule has 0 unspecified atom stereocenters. The topological polar surface area (TPSA) is 161 Å². The molecule has 0 amide bonds. The Kier molecular flexibility index (Phi) is 330000. The van der Waals surface area contributed by atoms with Gasteiger partial charge >= 0.3 is 0 Å². The molecule has 0 rings (SSSR count). The van der Waals surface area contributed by atoms with Gasteiger partial charge in [0.1, 0.15) is 0 Å². The van der Waals surface area contributed by atoms with Crippen molar-refractivity contribution in [1.29, 1.82) is 0 Å². The molecule has 0 aliphatic heterocycles. The molecule has 0 spiro atoms. The van der Waals surface area contributed by atoms with E-state index in [-0.39, 0.29) is 44.8 Å². The van der Waals surface area contributed by atoms with Crippen LogP contribution in [0.15, 0.2) is 0 Å². The monoisotopic (exact) mass is 148 g/mol. The van der Waals surface area contributed by atoms with Crippen molar-refractivity contribution in [1.82, 2.24) is 6.15 Å². The zero-order valence-corrected chi connectivity index (χ0v) is 4.08. The zero-order chi connectivity index (χ0) is 0. The van der Waals surface area contributed by atoms with Gasteiger partial charge in [0.25, 0.3) is 0 Å². The fourth-order valence-corrected chi connectivity index (χ4v) is 0. The van der Waals surface area contributed by atoms with E-state index in [1.165, 1.54) is 0 Å². The summed E-state index contributed by atoms with van der Waals surface area (Å²) in [6, 6.07) is 0. The second kappa shape index (κ2) is 1050. The van der Waals surface area contributed by atoms with Crippen LogP contribution in [0.5, 0.6) is 0 Å². The quantitative estimate of drug-likeness (QED) is 0.377. The Balaban J connectivity index is 0. The van der Waals surface area contributed by atoms with Gasteiger partial charge in [0, 0.05) is 16.8 Å². The van der Waals surface area contributed by atoms with E-state index in [2.05, 4.69) is 0 Å². The minimum Gasteiger partial charge on any atom is -0.412 e. The van der Waals surface area contributed by atoms with E-state index in [1.807, 2.05) is 0 Å². The van der Waals surface area contributed by atoms with Gasteiger partial charge in [-0.1, -0.05) is 0 Å². The Morgan fingerprint density at radius 3 is 0.500 bits per heavy atom. The molecule has 0 atom stereocenters. The van der Waals surface area contributed by atoms with Crippen molar-refractivity contribution >= 4 is 0 Å². The van der Waals surface area contributed by atoms with Gasteiger partial charge in [-0.25, -0.2) is 0 Å². The standard InChI is InChI=1S/Co.H3N.4H2O/h;1H3;4*1H2. The molecule has 0 bridgehead atoms. The summed E-state index contributed by atoms with van der Waals surface area (Å²) in [5.74, 6) is 0. The van der Waals surface area contributed by atoms with Crippen LogP contribution in [0.3, 0.4) is 0 Å². The Morgan fingerprint density at radius 2 is 0.500 bits per heavy atom. The number of rotatable bonds is 0. The van der Waals surface area contributed by atoms with E-state index in [0.29, 0.717) is 0 Å². The average Bonchev–Trinajstić information content (AvgIpc) is 0. The van der Waals surface area contributed by atoms with Gasteiger partial charge < -0.3 is 28.1 Å². The molecule has 11 N–H and O–H groups in total. The molecule has 0 aliphatic rings. The third-order valence-electron chi connectivity index (χ3n) is 0. The first-order chi connectivity index (χ1) is 0. The van der Waals surface area contributed by atoms with E-state index in [0.717, 1.165) is 0 Å². The van der Waals surface area contributed by atoms with E-state index in [1.54, 1.807) is 0 Å². The molecule has 0 fully saturated rings. The normalized spacial score (nSPS) is 0. The first kappa shape index (κ1) is 1890. The van der Waals surface area contributed by atoms with Crippen LogP contribution in [0.2, 0.25) is 0 Å². The molecule has 6 heavy (non-hydrogen) atoms. The van der Waals surface area contributed by atoms with Gasteiger partial charge in [-0.15, -0.1) is 0 Å². The molecule has 5 nitrogen and oxygen atoms in total. The van der Waals surface area contributed by atoms with Crippen LogP contribution in [0.4, 0.5) is 0 Å². The van der Waals surface area contributed by atoms with Crippen LogP contribution in [-0.2, 0) is 16.8 Å². The van der Waals surface area contributed by atoms with Crippen molar-refractivity contribution in [3.8, 4) is 0 Å². The minimum absolute atomic E-state index is 0. The van der Waals surface area contributed by atoms with Crippen molar-refractivity contribution in [2.24, 2.45) is 0 Å². The largest absolute Gasteiger partial charge is 0.412 e. The van der Waals surface area contributed by atoms with Gasteiger partial charge in [-0.05, 0) is 0 Å². The molecular formula is H11CoNO4. The molecule has 1 radical (unpaired) electrons. The van der Waals surface area contributed by atoms with Crippen LogP contribution in [0, 0.1) is 0 Å². The van der Waals surface area contributed by atoms with Gasteiger partial charge in [0.15, 0.2) is 0 Å². The average molecular weight is 148 g/mol. The van der Waals surface area contributed by atoms with Crippen molar-refractivity contribution < 1.29 is 38.7 Å². The predicted molar refractivity (Wildman–Crippen MR) is 19.5 cm³/mol. The molecule has 0 saturated heterocycles. The third kappa shape index (κ3) is 501. The molecule has 0 heterocycles. The van der Waals surface area contributed by atoms with E-state index in [4.69, 9.17) is 0 Å². The predicted octanol–water partition coefficient (Wildman–Crippen LogP) is -3.14. The van der Waals surface area contributed by atoms with Crippen LogP contribution < -0.4 is 6.15 Å². The van der Waals surface area contributed by atoms with Crippen LogP contribution in [0.1, 0.15) is 0 Å². The zero-order valence-electron chi connectivity index (χ0n) is 3.04. The molecular weight excluding hydrogens is 137 g/mol. The number of hydrogen-bond donors (Lipinski definition) is 1. The van der Waals surface area contributed by atoms with E-state index < -0.39 is 0 Å². The van der Waals surface area contributed by atoms with Crippen LogP contribution in [-0.4, -0.2) is 21.9 Å². The molecule has 0 aromatic carbocycles. The second-order valence-corrected chi connectivity index (χ2v) is 0. The molecule has 6 heteroatoms. The smallest absolute Gasteiger partial charge is 0 e. The van der Waals surface area contributed by atoms with Gasteiger partial charge in [-0.2, -0.15) is 0 Å². The summed E-state index contributed by atoms with van der Waals surface area (Å²) in [5, 5.41) is 0. The van der Waals surface area contributed by atoms with Gasteiger partial charge in [0.2, 0.25) is 0 Å². The third-order valence-corrected chi connectivity index (χ3v) is 0. The van der Waals surface area contributed by atoms with Crippen LogP contribution in [0.25, 0.3) is 0 Å². The summed E-state index contributed by atoms with van der Waals surface area (Å²) in [5.41, 5.74) is 0. The van der Waals surface area contributed by atoms with Crippen molar-refractivity contribution in [2.75, 3.05) is 0 Å². The summed E-state index contributed by atoms with van der Waals surface area (Å²) in [6.07, 6.45) is 0. The minimum atomic E-state index is 0. The summed E-state index contributed by atoms with van der Waals surface area (Å²) in [6.45, 7) is 0. The van der Waals surface area contributed by atoms with Gasteiger partial charge in [0.05, 0.1) is 0 Å². The Morgan fingerprint density at radius 1 is 0.500 bits per heavy atom. The van der Waals surface area contributed by atoms with Crippen molar-refractivity contribution in [3.05, 3.63) is 0 Å². The maximum absolute atomic E-state index is 0. The summed E-state index contributed by atoms with van der Waals surface area (Å²) in [4.78, 5) is 0. The second-order valence-electron chi connectivity index (χ2n) is 0. The Bertz CT molecular complexity index is 7.51. The summed E-state index contributed by atoms with van der Waals surface area (Å²) >= 11 is 0. The Hall–Kier alpha value is 0.306. The summed E-state index contributed by atoms with van der Waals surface area (Å²) < 4.78 is 0. The van der Waals surface area contributed by atoms with E-state index >= 15 is 0 Å². The molecule has 0 aromatic rings.